The average Bonchev–Trinajstić information content (AvgIpc) is 2.18. The second kappa shape index (κ2) is 6.67. The maximum atomic E-state index is 10.3. The van der Waals surface area contributed by atoms with Crippen LogP contribution in [0.2, 0.25) is 0 Å². The van der Waals surface area contributed by atoms with Gasteiger partial charge in [-0.15, -0.1) is 12.4 Å². The first-order chi connectivity index (χ1) is 6.74. The second-order valence-electron chi connectivity index (χ2n) is 2.48. The number of carbonyl (C=O) groups is 1. The number of nitrogens with one attached hydrogen (secondary N) is 1. The highest BCUT2D eigenvalue weighted by atomic mass is 35.5. The van der Waals surface area contributed by atoms with Crippen LogP contribution in [0.1, 0.15) is 5.56 Å². The molecule has 1 aromatic rings. The molecule has 0 spiro atoms. The van der Waals surface area contributed by atoms with Crippen LogP contribution in [-0.4, -0.2) is 19.4 Å². The number of para-hydroxylation sites is 1. The van der Waals surface area contributed by atoms with E-state index in [-0.39, 0.29) is 12.4 Å². The summed E-state index contributed by atoms with van der Waals surface area (Å²) in [4.78, 5) is 10.3. The van der Waals surface area contributed by atoms with Gasteiger partial charge in [-0.25, -0.2) is 10.2 Å². The van der Waals surface area contributed by atoms with Crippen LogP contribution in [0.15, 0.2) is 29.4 Å². The maximum absolute atomic E-state index is 10.3. The van der Waals surface area contributed by atoms with E-state index in [2.05, 4.69) is 10.5 Å². The van der Waals surface area contributed by atoms with Gasteiger partial charge in [0.25, 0.3) is 0 Å². The van der Waals surface area contributed by atoms with E-state index in [0.29, 0.717) is 5.75 Å². The number of amides is 2. The number of nitrogens with two attached hydrogens (primary N) is 1. The monoisotopic (exact) mass is 229 g/mol. The van der Waals surface area contributed by atoms with Crippen LogP contribution in [-0.2, 0) is 0 Å². The molecule has 3 N–H and O–H groups in total. The lowest BCUT2D eigenvalue weighted by Crippen LogP contribution is -2.24. The number of ether oxygens (including phenoxy) is 1. The Kier molecular flexibility index (Phi) is 5.89. The lowest BCUT2D eigenvalue weighted by Gasteiger charge is -2.02. The van der Waals surface area contributed by atoms with Crippen molar-refractivity contribution in [3.05, 3.63) is 29.8 Å². The molecule has 0 aliphatic rings. The van der Waals surface area contributed by atoms with E-state index in [0.717, 1.165) is 5.56 Å². The van der Waals surface area contributed by atoms with Crippen LogP contribution in [0, 0.1) is 0 Å². The molecule has 0 bridgehead atoms. The molecule has 5 nitrogen and oxygen atoms in total. The SMILES string of the molecule is COc1ccccc1/C=N/NC(N)=O.Cl. The summed E-state index contributed by atoms with van der Waals surface area (Å²) in [6, 6.07) is 6.60. The third-order valence-electron chi connectivity index (χ3n) is 1.52. The van der Waals surface area contributed by atoms with Crippen LogP contribution in [0.3, 0.4) is 0 Å². The van der Waals surface area contributed by atoms with E-state index >= 15 is 0 Å². The van der Waals surface area contributed by atoms with E-state index < -0.39 is 6.03 Å². The van der Waals surface area contributed by atoms with Crippen molar-refractivity contribution in [2.45, 2.75) is 0 Å². The van der Waals surface area contributed by atoms with E-state index in [1.165, 1.54) is 6.21 Å². The fourth-order valence-electron chi connectivity index (χ4n) is 0.939. The van der Waals surface area contributed by atoms with Crippen LogP contribution in [0.5, 0.6) is 5.75 Å². The standard InChI is InChI=1S/C9H11N3O2.ClH/c1-14-8-5-3-2-4-7(8)6-11-12-9(10)13;/h2-6H,1H3,(H3,10,12,13);1H/b11-6+;. The van der Waals surface area contributed by atoms with Gasteiger partial charge < -0.3 is 10.5 Å². The van der Waals surface area contributed by atoms with Gasteiger partial charge >= 0.3 is 6.03 Å². The van der Waals surface area contributed by atoms with Crippen LogP contribution < -0.4 is 15.9 Å². The minimum atomic E-state index is -0.698. The normalized spacial score (nSPS) is 9.40. The van der Waals surface area contributed by atoms with Crippen molar-refractivity contribution in [2.24, 2.45) is 10.8 Å². The largest absolute Gasteiger partial charge is 0.496 e. The summed E-state index contributed by atoms with van der Waals surface area (Å²) in [5.41, 5.74) is 7.70. The van der Waals surface area contributed by atoms with Crippen molar-refractivity contribution in [2.75, 3.05) is 7.11 Å². The molecule has 0 aromatic heterocycles. The Balaban J connectivity index is 0.00000196. The predicted molar refractivity (Wildman–Crippen MR) is 60.6 cm³/mol. The lowest BCUT2D eigenvalue weighted by molar-refractivity contribution is 0.249. The third kappa shape index (κ3) is 4.33. The molecule has 2 amide bonds. The van der Waals surface area contributed by atoms with Crippen molar-refractivity contribution in [3.8, 4) is 5.75 Å². The summed E-state index contributed by atoms with van der Waals surface area (Å²) in [6.07, 6.45) is 1.46. The first kappa shape index (κ1) is 13.2. The van der Waals surface area contributed by atoms with Crippen LogP contribution >= 0.6 is 12.4 Å². The molecule has 15 heavy (non-hydrogen) atoms. The number of nitrogens with zero attached hydrogens (tertiary/aromatic N) is 1. The van der Waals surface area contributed by atoms with Gasteiger partial charge in [0.1, 0.15) is 5.75 Å². The number of carbonyl (C=O) groups excluding carboxylic acids is 1. The van der Waals surface area contributed by atoms with Gasteiger partial charge in [0.15, 0.2) is 0 Å². The van der Waals surface area contributed by atoms with Gasteiger partial charge in [-0.05, 0) is 12.1 Å². The average molecular weight is 230 g/mol. The first-order valence-electron chi connectivity index (χ1n) is 3.95. The maximum Gasteiger partial charge on any atom is 0.332 e. The number of methoxy groups -OCH3 is 1. The Bertz CT molecular complexity index is 355. The topological polar surface area (TPSA) is 76.7 Å². The van der Waals surface area contributed by atoms with Crippen molar-refractivity contribution >= 4 is 24.7 Å². The Morgan fingerprint density at radius 3 is 2.80 bits per heavy atom. The molecule has 1 rings (SSSR count). The minimum Gasteiger partial charge on any atom is -0.496 e. The summed E-state index contributed by atoms with van der Waals surface area (Å²) in [5.74, 6) is 0.683. The van der Waals surface area contributed by atoms with Gasteiger partial charge in [-0.3, -0.25) is 0 Å². The van der Waals surface area contributed by atoms with Gasteiger partial charge in [0, 0.05) is 5.56 Å². The smallest absolute Gasteiger partial charge is 0.332 e. The number of hydrogen-bond donors (Lipinski definition) is 2. The number of benzene rings is 1. The van der Waals surface area contributed by atoms with Gasteiger partial charge in [-0.1, -0.05) is 12.1 Å². The van der Waals surface area contributed by atoms with Gasteiger partial charge in [0.2, 0.25) is 0 Å². The highest BCUT2D eigenvalue weighted by Crippen LogP contribution is 2.14. The quantitative estimate of drug-likeness (QED) is 0.602. The molecule has 0 heterocycles. The molecule has 82 valence electrons. The molecule has 0 aliphatic heterocycles. The number of hydrazone groups is 1. The molecular formula is C9H12ClN3O2. The molecule has 0 saturated carbocycles. The summed E-state index contributed by atoms with van der Waals surface area (Å²) in [5, 5.41) is 3.62. The van der Waals surface area contributed by atoms with Crippen LogP contribution in [0.4, 0.5) is 4.79 Å². The second-order valence-corrected chi connectivity index (χ2v) is 2.48. The Hall–Kier alpha value is -1.75. The summed E-state index contributed by atoms with van der Waals surface area (Å²) in [6.45, 7) is 0. The van der Waals surface area contributed by atoms with E-state index in [1.54, 1.807) is 13.2 Å². The molecular weight excluding hydrogens is 218 g/mol. The number of rotatable bonds is 3. The van der Waals surface area contributed by atoms with Gasteiger partial charge in [-0.2, -0.15) is 5.10 Å². The number of halogens is 1. The zero-order chi connectivity index (χ0) is 10.4. The third-order valence-corrected chi connectivity index (χ3v) is 1.52. The summed E-state index contributed by atoms with van der Waals surface area (Å²) >= 11 is 0. The fraction of sp³-hybridized carbons (Fsp3) is 0.111. The zero-order valence-corrected chi connectivity index (χ0v) is 8.95. The minimum absolute atomic E-state index is 0. The highest BCUT2D eigenvalue weighted by Gasteiger charge is 1.96. The molecule has 1 aromatic carbocycles. The molecule has 0 fully saturated rings. The van der Waals surface area contributed by atoms with Crippen LogP contribution in [0.25, 0.3) is 0 Å². The zero-order valence-electron chi connectivity index (χ0n) is 8.14. The Morgan fingerprint density at radius 1 is 1.53 bits per heavy atom. The summed E-state index contributed by atoms with van der Waals surface area (Å²) < 4.78 is 5.07. The van der Waals surface area contributed by atoms with Crippen molar-refractivity contribution in [1.82, 2.24) is 5.43 Å². The molecule has 0 atom stereocenters. The fourth-order valence-corrected chi connectivity index (χ4v) is 0.939. The number of urea groups is 1. The summed E-state index contributed by atoms with van der Waals surface area (Å²) in [7, 11) is 1.56. The van der Waals surface area contributed by atoms with Crippen molar-refractivity contribution in [1.29, 1.82) is 0 Å². The van der Waals surface area contributed by atoms with E-state index in [1.807, 2.05) is 18.2 Å². The highest BCUT2D eigenvalue weighted by molar-refractivity contribution is 5.85. The van der Waals surface area contributed by atoms with Crippen molar-refractivity contribution in [3.63, 3.8) is 0 Å². The number of primary amides is 1. The molecule has 0 unspecified atom stereocenters. The van der Waals surface area contributed by atoms with E-state index in [4.69, 9.17) is 10.5 Å². The van der Waals surface area contributed by atoms with E-state index in [9.17, 15) is 4.79 Å². The predicted octanol–water partition coefficient (Wildman–Crippen LogP) is 1.12. The first-order valence-corrected chi connectivity index (χ1v) is 3.95. The Labute approximate surface area is 93.7 Å². The number of hydrogen-bond acceptors (Lipinski definition) is 3. The van der Waals surface area contributed by atoms with Crippen molar-refractivity contribution < 1.29 is 9.53 Å². The lowest BCUT2D eigenvalue weighted by atomic mass is 10.2. The molecule has 0 radical (unpaired) electrons. The Morgan fingerprint density at radius 2 is 2.20 bits per heavy atom. The van der Waals surface area contributed by atoms with Gasteiger partial charge in [0.05, 0.1) is 13.3 Å². The molecule has 0 aliphatic carbocycles. The molecule has 6 heteroatoms. The molecule has 0 saturated heterocycles.